The molecule has 0 saturated carbocycles. The van der Waals surface area contributed by atoms with Crippen LogP contribution in [0.1, 0.15) is 52.0 Å². The van der Waals surface area contributed by atoms with Gasteiger partial charge in [-0.15, -0.1) is 0 Å². The van der Waals surface area contributed by atoms with Gasteiger partial charge in [-0.3, -0.25) is 0 Å². The highest BCUT2D eigenvalue weighted by molar-refractivity contribution is 5.47. The first kappa shape index (κ1) is 16.2. The molecule has 1 aromatic carbocycles. The van der Waals surface area contributed by atoms with Gasteiger partial charge in [0.1, 0.15) is 0 Å². The highest BCUT2D eigenvalue weighted by Crippen LogP contribution is 2.33. The molecule has 3 heteroatoms. The van der Waals surface area contributed by atoms with Crippen LogP contribution in [0.4, 0.5) is 0 Å². The standard InChI is InChI=1S/C18H29NO2/c1-14(2)7-4-8-15(3)19-13-16-9-5-10-17-18(16)21-12-6-11-20-17/h5,9-10,14-15,19H,4,6-8,11-13H2,1-3H3. The lowest BCUT2D eigenvalue weighted by Gasteiger charge is -2.17. The van der Waals surface area contributed by atoms with Gasteiger partial charge < -0.3 is 14.8 Å². The second-order valence-electron chi connectivity index (χ2n) is 6.40. The number of benzene rings is 1. The van der Waals surface area contributed by atoms with Crippen molar-refractivity contribution in [1.82, 2.24) is 5.32 Å². The van der Waals surface area contributed by atoms with E-state index in [9.17, 15) is 0 Å². The fourth-order valence-electron chi connectivity index (χ4n) is 2.61. The first-order valence-corrected chi connectivity index (χ1v) is 8.27. The van der Waals surface area contributed by atoms with Crippen LogP contribution < -0.4 is 14.8 Å². The Hall–Kier alpha value is -1.22. The molecule has 1 unspecified atom stereocenters. The van der Waals surface area contributed by atoms with Gasteiger partial charge in [0.15, 0.2) is 11.5 Å². The van der Waals surface area contributed by atoms with E-state index in [-0.39, 0.29) is 0 Å². The molecule has 0 bridgehead atoms. The molecule has 0 saturated heterocycles. The maximum Gasteiger partial charge on any atom is 0.165 e. The zero-order valence-corrected chi connectivity index (χ0v) is 13.7. The number of hydrogen-bond donors (Lipinski definition) is 1. The van der Waals surface area contributed by atoms with Crippen LogP contribution in [0.2, 0.25) is 0 Å². The number of rotatable bonds is 7. The van der Waals surface area contributed by atoms with E-state index in [2.05, 4.69) is 32.2 Å². The molecule has 0 aromatic heterocycles. The lowest BCUT2D eigenvalue weighted by molar-refractivity contribution is 0.295. The van der Waals surface area contributed by atoms with E-state index in [1.807, 2.05) is 12.1 Å². The van der Waals surface area contributed by atoms with Crippen molar-refractivity contribution in [3.05, 3.63) is 23.8 Å². The average molecular weight is 291 g/mol. The first-order chi connectivity index (χ1) is 10.2. The number of fused-ring (bicyclic) bond motifs is 1. The van der Waals surface area contributed by atoms with Crippen molar-refractivity contribution in [3.8, 4) is 11.5 Å². The summed E-state index contributed by atoms with van der Waals surface area (Å²) >= 11 is 0. The monoisotopic (exact) mass is 291 g/mol. The summed E-state index contributed by atoms with van der Waals surface area (Å²) < 4.78 is 11.6. The van der Waals surface area contributed by atoms with E-state index >= 15 is 0 Å². The van der Waals surface area contributed by atoms with Gasteiger partial charge in [-0.2, -0.15) is 0 Å². The first-order valence-electron chi connectivity index (χ1n) is 8.27. The number of nitrogens with one attached hydrogen (secondary N) is 1. The zero-order valence-electron chi connectivity index (χ0n) is 13.7. The van der Waals surface area contributed by atoms with Crippen LogP contribution >= 0.6 is 0 Å². The van der Waals surface area contributed by atoms with Crippen molar-refractivity contribution in [3.63, 3.8) is 0 Å². The summed E-state index contributed by atoms with van der Waals surface area (Å²) in [5, 5.41) is 3.61. The fourth-order valence-corrected chi connectivity index (χ4v) is 2.61. The smallest absolute Gasteiger partial charge is 0.165 e. The summed E-state index contributed by atoms with van der Waals surface area (Å²) in [5.41, 5.74) is 1.20. The second-order valence-corrected chi connectivity index (χ2v) is 6.40. The Morgan fingerprint density at radius 1 is 1.10 bits per heavy atom. The molecule has 2 rings (SSSR count). The normalized spacial score (nSPS) is 15.8. The van der Waals surface area contributed by atoms with Crippen LogP contribution in [-0.2, 0) is 6.54 Å². The molecule has 0 fully saturated rings. The SMILES string of the molecule is CC(C)CCCC(C)NCc1cccc2c1OCCCO2. The van der Waals surface area contributed by atoms with Crippen LogP contribution in [0.15, 0.2) is 18.2 Å². The number of hydrogen-bond acceptors (Lipinski definition) is 3. The van der Waals surface area contributed by atoms with Crippen molar-refractivity contribution in [2.24, 2.45) is 5.92 Å². The summed E-state index contributed by atoms with van der Waals surface area (Å²) in [6.07, 6.45) is 4.78. The van der Waals surface area contributed by atoms with Crippen LogP contribution in [0, 0.1) is 5.92 Å². The summed E-state index contributed by atoms with van der Waals surface area (Å²) in [4.78, 5) is 0. The van der Waals surface area contributed by atoms with Gasteiger partial charge in [0.05, 0.1) is 13.2 Å². The number of para-hydroxylation sites is 1. The Kier molecular flexibility index (Phi) is 6.37. The molecule has 0 aliphatic carbocycles. The zero-order chi connectivity index (χ0) is 15.1. The molecular weight excluding hydrogens is 262 g/mol. The molecule has 0 radical (unpaired) electrons. The summed E-state index contributed by atoms with van der Waals surface area (Å²) in [7, 11) is 0. The largest absolute Gasteiger partial charge is 0.490 e. The minimum absolute atomic E-state index is 0.534. The van der Waals surface area contributed by atoms with Gasteiger partial charge in [-0.05, 0) is 25.3 Å². The van der Waals surface area contributed by atoms with Crippen molar-refractivity contribution in [2.75, 3.05) is 13.2 Å². The lowest BCUT2D eigenvalue weighted by atomic mass is 10.0. The highest BCUT2D eigenvalue weighted by Gasteiger charge is 2.14. The predicted octanol–water partition coefficient (Wildman–Crippen LogP) is 4.15. The Morgan fingerprint density at radius 3 is 2.71 bits per heavy atom. The third-order valence-electron chi connectivity index (χ3n) is 3.91. The van der Waals surface area contributed by atoms with E-state index in [0.29, 0.717) is 6.04 Å². The van der Waals surface area contributed by atoms with Gasteiger partial charge in [-0.25, -0.2) is 0 Å². The lowest BCUT2D eigenvalue weighted by Crippen LogP contribution is -2.25. The summed E-state index contributed by atoms with van der Waals surface area (Å²) in [5.74, 6) is 2.61. The van der Waals surface area contributed by atoms with E-state index in [0.717, 1.165) is 43.6 Å². The van der Waals surface area contributed by atoms with Crippen molar-refractivity contribution < 1.29 is 9.47 Å². The molecule has 1 N–H and O–H groups in total. The molecule has 1 atom stereocenters. The average Bonchev–Trinajstić information content (AvgIpc) is 2.70. The van der Waals surface area contributed by atoms with Gasteiger partial charge in [0.25, 0.3) is 0 Å². The minimum Gasteiger partial charge on any atom is -0.490 e. The highest BCUT2D eigenvalue weighted by atomic mass is 16.5. The van der Waals surface area contributed by atoms with E-state index in [4.69, 9.17) is 9.47 Å². The minimum atomic E-state index is 0.534. The second kappa shape index (κ2) is 8.28. The molecule has 1 aliphatic rings. The topological polar surface area (TPSA) is 30.5 Å². The third kappa shape index (κ3) is 5.24. The predicted molar refractivity (Wildman–Crippen MR) is 87.0 cm³/mol. The summed E-state index contributed by atoms with van der Waals surface area (Å²) in [6.45, 7) is 9.17. The third-order valence-corrected chi connectivity index (χ3v) is 3.91. The van der Waals surface area contributed by atoms with Crippen LogP contribution in [0.5, 0.6) is 11.5 Å². The molecule has 21 heavy (non-hydrogen) atoms. The van der Waals surface area contributed by atoms with E-state index in [1.165, 1.54) is 24.8 Å². The Morgan fingerprint density at radius 2 is 1.90 bits per heavy atom. The number of ether oxygens (including phenoxy) is 2. The summed E-state index contributed by atoms with van der Waals surface area (Å²) in [6, 6.07) is 6.71. The van der Waals surface area contributed by atoms with Gasteiger partial charge in [0, 0.05) is 24.6 Å². The maximum absolute atomic E-state index is 5.86. The molecule has 0 spiro atoms. The maximum atomic E-state index is 5.86. The molecule has 0 amide bonds. The Balaban J connectivity index is 1.85. The molecule has 1 aromatic rings. The quantitative estimate of drug-likeness (QED) is 0.818. The van der Waals surface area contributed by atoms with Crippen molar-refractivity contribution >= 4 is 0 Å². The fraction of sp³-hybridized carbons (Fsp3) is 0.667. The van der Waals surface area contributed by atoms with Gasteiger partial charge in [-0.1, -0.05) is 38.8 Å². The molecule has 1 aliphatic heterocycles. The van der Waals surface area contributed by atoms with E-state index < -0.39 is 0 Å². The molecular formula is C18H29NO2. The van der Waals surface area contributed by atoms with Crippen LogP contribution in [0.25, 0.3) is 0 Å². The van der Waals surface area contributed by atoms with Crippen LogP contribution in [0.3, 0.4) is 0 Å². The molecule has 1 heterocycles. The Labute approximate surface area is 129 Å². The van der Waals surface area contributed by atoms with Crippen molar-refractivity contribution in [1.29, 1.82) is 0 Å². The van der Waals surface area contributed by atoms with Crippen LogP contribution in [-0.4, -0.2) is 19.3 Å². The molecule has 118 valence electrons. The Bertz CT molecular complexity index is 431. The van der Waals surface area contributed by atoms with Gasteiger partial charge >= 0.3 is 0 Å². The molecule has 3 nitrogen and oxygen atoms in total. The van der Waals surface area contributed by atoms with E-state index in [1.54, 1.807) is 0 Å². The van der Waals surface area contributed by atoms with Crippen molar-refractivity contribution in [2.45, 2.75) is 59.0 Å². The van der Waals surface area contributed by atoms with Gasteiger partial charge in [0.2, 0.25) is 0 Å².